The van der Waals surface area contributed by atoms with Crippen molar-refractivity contribution >= 4 is 15.8 Å². The first-order chi connectivity index (χ1) is 8.88. The molecular weight excluding hydrogens is 264 g/mol. The van der Waals surface area contributed by atoms with Crippen molar-refractivity contribution in [3.63, 3.8) is 0 Å². The summed E-state index contributed by atoms with van der Waals surface area (Å²) < 4.78 is 27.0. The summed E-state index contributed by atoms with van der Waals surface area (Å²) in [5.74, 6) is -0.0747. The molecule has 19 heavy (non-hydrogen) atoms. The lowest BCUT2D eigenvalue weighted by Crippen LogP contribution is -2.36. The number of hydrogen-bond acceptors (Lipinski definition) is 4. The summed E-state index contributed by atoms with van der Waals surface area (Å²) in [7, 11) is -1.53. The molecule has 1 heterocycles. The Bertz CT molecular complexity index is 566. The van der Waals surface area contributed by atoms with E-state index in [4.69, 9.17) is 0 Å². The third-order valence-corrected chi connectivity index (χ3v) is 4.82. The van der Waals surface area contributed by atoms with E-state index in [9.17, 15) is 13.2 Å². The zero-order valence-electron chi connectivity index (χ0n) is 11.1. The van der Waals surface area contributed by atoms with Crippen LogP contribution in [-0.4, -0.2) is 45.3 Å². The number of hydrogen-bond donors (Lipinski definition) is 1. The van der Waals surface area contributed by atoms with Gasteiger partial charge in [-0.2, -0.15) is 0 Å². The highest BCUT2D eigenvalue weighted by Crippen LogP contribution is 2.14. The molecule has 0 aliphatic carbocycles. The largest absolute Gasteiger partial charge is 0.305 e. The van der Waals surface area contributed by atoms with Crippen molar-refractivity contribution in [2.45, 2.75) is 24.3 Å². The van der Waals surface area contributed by atoms with Crippen LogP contribution in [0.25, 0.3) is 0 Å². The SMILES string of the molecule is CC(=O)c1ccc(S(=O)(=O)NC2CCN(C)C2)cc1. The molecule has 1 atom stereocenters. The number of carbonyl (C=O) groups excluding carboxylic acids is 1. The Morgan fingerprint density at radius 3 is 2.42 bits per heavy atom. The van der Waals surface area contributed by atoms with E-state index >= 15 is 0 Å². The molecule has 0 saturated carbocycles. The number of rotatable bonds is 4. The van der Waals surface area contributed by atoms with Crippen LogP contribution in [0.1, 0.15) is 23.7 Å². The predicted molar refractivity (Wildman–Crippen MR) is 72.7 cm³/mol. The van der Waals surface area contributed by atoms with Crippen molar-refractivity contribution < 1.29 is 13.2 Å². The number of carbonyl (C=O) groups is 1. The zero-order valence-corrected chi connectivity index (χ0v) is 11.9. The van der Waals surface area contributed by atoms with E-state index in [-0.39, 0.29) is 16.7 Å². The van der Waals surface area contributed by atoms with Crippen molar-refractivity contribution in [3.05, 3.63) is 29.8 Å². The summed E-state index contributed by atoms with van der Waals surface area (Å²) in [6, 6.07) is 5.98. The van der Waals surface area contributed by atoms with Crippen molar-refractivity contribution in [3.8, 4) is 0 Å². The highest BCUT2D eigenvalue weighted by atomic mass is 32.2. The van der Waals surface area contributed by atoms with Gasteiger partial charge in [0, 0.05) is 18.2 Å². The summed E-state index contributed by atoms with van der Waals surface area (Å²) in [4.78, 5) is 13.4. The zero-order chi connectivity index (χ0) is 14.0. The smallest absolute Gasteiger partial charge is 0.240 e. The topological polar surface area (TPSA) is 66.5 Å². The summed E-state index contributed by atoms with van der Waals surface area (Å²) >= 11 is 0. The van der Waals surface area contributed by atoms with Gasteiger partial charge in [-0.3, -0.25) is 4.79 Å². The normalized spacial score (nSPS) is 20.6. The summed E-state index contributed by atoms with van der Waals surface area (Å²) in [5.41, 5.74) is 0.513. The van der Waals surface area contributed by atoms with Gasteiger partial charge in [0.1, 0.15) is 0 Å². The van der Waals surface area contributed by atoms with Crippen molar-refractivity contribution in [2.24, 2.45) is 0 Å². The van der Waals surface area contributed by atoms with Gasteiger partial charge in [-0.25, -0.2) is 13.1 Å². The van der Waals surface area contributed by atoms with E-state index in [1.165, 1.54) is 31.2 Å². The quantitative estimate of drug-likeness (QED) is 0.832. The predicted octanol–water partition coefficient (Wildman–Crippen LogP) is 0.872. The molecule has 1 fully saturated rings. The van der Waals surface area contributed by atoms with Gasteiger partial charge in [-0.1, -0.05) is 12.1 Å². The lowest BCUT2D eigenvalue weighted by atomic mass is 10.2. The monoisotopic (exact) mass is 282 g/mol. The van der Waals surface area contributed by atoms with E-state index in [1.54, 1.807) is 0 Å². The first-order valence-corrected chi connectivity index (χ1v) is 7.69. The molecule has 0 bridgehead atoms. The van der Waals surface area contributed by atoms with Gasteiger partial charge in [0.2, 0.25) is 10.0 Å². The highest BCUT2D eigenvalue weighted by molar-refractivity contribution is 7.89. The maximum atomic E-state index is 12.2. The maximum absolute atomic E-state index is 12.2. The van der Waals surface area contributed by atoms with Gasteiger partial charge >= 0.3 is 0 Å². The number of ketones is 1. The third kappa shape index (κ3) is 3.40. The molecule has 1 aromatic rings. The number of likely N-dealkylation sites (tertiary alicyclic amines) is 1. The van der Waals surface area contributed by atoms with E-state index in [1.807, 2.05) is 7.05 Å². The molecule has 0 amide bonds. The minimum Gasteiger partial charge on any atom is -0.305 e. The third-order valence-electron chi connectivity index (χ3n) is 3.28. The van der Waals surface area contributed by atoms with E-state index < -0.39 is 10.0 Å². The molecule has 0 radical (unpaired) electrons. The molecule has 1 unspecified atom stereocenters. The lowest BCUT2D eigenvalue weighted by molar-refractivity contribution is 0.101. The Hall–Kier alpha value is -1.24. The van der Waals surface area contributed by atoms with Crippen LogP contribution < -0.4 is 4.72 Å². The van der Waals surface area contributed by atoms with Crippen molar-refractivity contribution in [1.29, 1.82) is 0 Å². The molecule has 0 aromatic heterocycles. The molecule has 1 aromatic carbocycles. The Morgan fingerprint density at radius 1 is 1.32 bits per heavy atom. The van der Waals surface area contributed by atoms with Gasteiger partial charge in [0.05, 0.1) is 4.90 Å². The molecule has 1 aliphatic heterocycles. The minimum absolute atomic E-state index is 0.0394. The van der Waals surface area contributed by atoms with Crippen LogP contribution in [0.2, 0.25) is 0 Å². The fourth-order valence-corrected chi connectivity index (χ4v) is 3.45. The first kappa shape index (κ1) is 14.2. The maximum Gasteiger partial charge on any atom is 0.240 e. The molecule has 1 N–H and O–H groups in total. The van der Waals surface area contributed by atoms with Crippen molar-refractivity contribution in [1.82, 2.24) is 9.62 Å². The number of nitrogens with zero attached hydrogens (tertiary/aromatic N) is 1. The first-order valence-electron chi connectivity index (χ1n) is 6.20. The van der Waals surface area contributed by atoms with Crippen LogP contribution in [0.5, 0.6) is 0 Å². The molecule has 104 valence electrons. The van der Waals surface area contributed by atoms with Crippen LogP contribution in [0.15, 0.2) is 29.2 Å². The number of sulfonamides is 1. The molecule has 1 saturated heterocycles. The minimum atomic E-state index is -3.50. The van der Waals surface area contributed by atoms with Gasteiger partial charge in [0.25, 0.3) is 0 Å². The molecular formula is C13H18N2O3S. The standard InChI is InChI=1S/C13H18N2O3S/c1-10(16)11-3-5-13(6-4-11)19(17,18)14-12-7-8-15(2)9-12/h3-6,12,14H,7-9H2,1-2H3. The Morgan fingerprint density at radius 2 is 1.95 bits per heavy atom. The van der Waals surface area contributed by atoms with Gasteiger partial charge in [-0.05, 0) is 39.1 Å². The van der Waals surface area contributed by atoms with Crippen LogP contribution >= 0.6 is 0 Å². The molecule has 6 heteroatoms. The van der Waals surface area contributed by atoms with Gasteiger partial charge in [0.15, 0.2) is 5.78 Å². The van der Waals surface area contributed by atoms with Crippen LogP contribution in [0.3, 0.4) is 0 Å². The fourth-order valence-electron chi connectivity index (χ4n) is 2.19. The fraction of sp³-hybridized carbons (Fsp3) is 0.462. The second-order valence-electron chi connectivity index (χ2n) is 4.95. The number of likely N-dealkylation sites (N-methyl/N-ethyl adjacent to an activating group) is 1. The van der Waals surface area contributed by atoms with E-state index in [0.717, 1.165) is 19.5 Å². The van der Waals surface area contributed by atoms with Gasteiger partial charge < -0.3 is 4.90 Å². The molecule has 0 spiro atoms. The van der Waals surface area contributed by atoms with Gasteiger partial charge in [-0.15, -0.1) is 0 Å². The average molecular weight is 282 g/mol. The second kappa shape index (κ2) is 5.40. The Labute approximate surface area is 113 Å². The highest BCUT2D eigenvalue weighted by Gasteiger charge is 2.25. The summed E-state index contributed by atoms with van der Waals surface area (Å²) in [5, 5.41) is 0. The summed E-state index contributed by atoms with van der Waals surface area (Å²) in [6.45, 7) is 3.08. The molecule has 5 nitrogen and oxygen atoms in total. The Balaban J connectivity index is 2.13. The van der Waals surface area contributed by atoms with Crippen LogP contribution in [-0.2, 0) is 10.0 Å². The lowest BCUT2D eigenvalue weighted by Gasteiger charge is -2.13. The van der Waals surface area contributed by atoms with E-state index in [0.29, 0.717) is 5.56 Å². The molecule has 2 rings (SSSR count). The number of benzene rings is 1. The molecule has 1 aliphatic rings. The number of nitrogens with one attached hydrogen (secondary N) is 1. The Kier molecular flexibility index (Phi) is 4.03. The number of Topliss-reactive ketones (excluding diaryl/α,β-unsaturated/α-hetero) is 1. The summed E-state index contributed by atoms with van der Waals surface area (Å²) in [6.07, 6.45) is 0.821. The van der Waals surface area contributed by atoms with E-state index in [2.05, 4.69) is 9.62 Å². The average Bonchev–Trinajstić information content (AvgIpc) is 2.74. The van der Waals surface area contributed by atoms with Crippen LogP contribution in [0.4, 0.5) is 0 Å². The van der Waals surface area contributed by atoms with Crippen LogP contribution in [0, 0.1) is 0 Å². The van der Waals surface area contributed by atoms with Crippen molar-refractivity contribution in [2.75, 3.05) is 20.1 Å². The second-order valence-corrected chi connectivity index (χ2v) is 6.66.